The van der Waals surface area contributed by atoms with Crippen LogP contribution < -0.4 is 0 Å². The van der Waals surface area contributed by atoms with Crippen LogP contribution in [0.15, 0.2) is 0 Å². The van der Waals surface area contributed by atoms with E-state index in [0.717, 1.165) is 11.8 Å². The fourth-order valence-electron chi connectivity index (χ4n) is 1.59. The Morgan fingerprint density at radius 2 is 1.43 bits per heavy atom. The number of aliphatic hydroxyl groups excluding tert-OH is 1. The van der Waals surface area contributed by atoms with E-state index in [1.165, 1.54) is 51.4 Å². The summed E-state index contributed by atoms with van der Waals surface area (Å²) in [5, 5.41) is 10.0. The maximum Gasteiger partial charge on any atom is 0.0637 e. The zero-order valence-electron chi connectivity index (χ0n) is 9.47. The molecule has 0 bridgehead atoms. The Morgan fingerprint density at radius 3 is 1.93 bits per heavy atom. The number of alkyl halides is 1. The minimum atomic E-state index is -0.130. The van der Waals surface area contributed by atoms with Crippen LogP contribution in [-0.4, -0.2) is 16.5 Å². The molecule has 0 saturated heterocycles. The Balaban J connectivity index is 2.92. The average molecular weight is 265 g/mol. The summed E-state index contributed by atoms with van der Waals surface area (Å²) in [6, 6.07) is 0. The van der Waals surface area contributed by atoms with E-state index in [0.29, 0.717) is 0 Å². The van der Waals surface area contributed by atoms with Gasteiger partial charge in [0, 0.05) is 5.33 Å². The zero-order chi connectivity index (χ0) is 10.6. The van der Waals surface area contributed by atoms with E-state index in [2.05, 4.69) is 22.9 Å². The van der Waals surface area contributed by atoms with Crippen molar-refractivity contribution in [1.82, 2.24) is 0 Å². The molecule has 0 heterocycles. The normalized spacial score (nSPS) is 13.1. The van der Waals surface area contributed by atoms with Crippen molar-refractivity contribution in [3.05, 3.63) is 0 Å². The van der Waals surface area contributed by atoms with Crippen LogP contribution in [0.3, 0.4) is 0 Å². The lowest BCUT2D eigenvalue weighted by Gasteiger charge is -2.05. The summed E-state index contributed by atoms with van der Waals surface area (Å²) < 4.78 is 0. The summed E-state index contributed by atoms with van der Waals surface area (Å²) in [7, 11) is 0. The molecule has 2 heteroatoms. The van der Waals surface area contributed by atoms with Gasteiger partial charge in [0.25, 0.3) is 0 Å². The molecule has 0 spiro atoms. The van der Waals surface area contributed by atoms with Crippen LogP contribution in [0.5, 0.6) is 0 Å². The molecule has 0 aliphatic rings. The van der Waals surface area contributed by atoms with Crippen molar-refractivity contribution in [2.75, 3.05) is 5.33 Å². The minimum absolute atomic E-state index is 0.130. The standard InChI is InChI=1S/C12H25BrO/c1-2-3-4-5-6-7-8-9-10-12(14)11-13/h12,14H,2-11H2,1H3. The zero-order valence-corrected chi connectivity index (χ0v) is 11.1. The SMILES string of the molecule is CCCCCCCCCCC(O)CBr. The molecule has 1 unspecified atom stereocenters. The molecule has 0 rings (SSSR count). The highest BCUT2D eigenvalue weighted by Gasteiger charge is 2.00. The Morgan fingerprint density at radius 1 is 0.929 bits per heavy atom. The number of halogens is 1. The van der Waals surface area contributed by atoms with Crippen LogP contribution in [0.4, 0.5) is 0 Å². The molecule has 14 heavy (non-hydrogen) atoms. The van der Waals surface area contributed by atoms with Gasteiger partial charge in [0.2, 0.25) is 0 Å². The number of rotatable bonds is 10. The monoisotopic (exact) mass is 264 g/mol. The molecule has 86 valence electrons. The van der Waals surface area contributed by atoms with Gasteiger partial charge in [-0.1, -0.05) is 74.2 Å². The molecule has 0 aromatic heterocycles. The lowest BCUT2D eigenvalue weighted by Crippen LogP contribution is -2.06. The summed E-state index contributed by atoms with van der Waals surface area (Å²) in [5.74, 6) is 0. The van der Waals surface area contributed by atoms with Gasteiger partial charge in [0.15, 0.2) is 0 Å². The Hall–Kier alpha value is 0.440. The first-order chi connectivity index (χ1) is 6.81. The molecule has 0 aromatic carbocycles. The molecule has 0 radical (unpaired) electrons. The summed E-state index contributed by atoms with van der Waals surface area (Å²) >= 11 is 3.28. The van der Waals surface area contributed by atoms with Gasteiger partial charge >= 0.3 is 0 Å². The molecule has 0 saturated carbocycles. The third kappa shape index (κ3) is 10.5. The molecular weight excluding hydrogens is 240 g/mol. The summed E-state index contributed by atoms with van der Waals surface area (Å²) in [6.07, 6.45) is 11.5. The molecule has 0 aliphatic carbocycles. The lowest BCUT2D eigenvalue weighted by molar-refractivity contribution is 0.186. The van der Waals surface area contributed by atoms with Gasteiger partial charge in [-0.2, -0.15) is 0 Å². The van der Waals surface area contributed by atoms with E-state index in [9.17, 15) is 5.11 Å². The number of hydrogen-bond donors (Lipinski definition) is 1. The number of aliphatic hydroxyl groups is 1. The molecule has 0 aliphatic heterocycles. The van der Waals surface area contributed by atoms with Crippen LogP contribution >= 0.6 is 15.9 Å². The van der Waals surface area contributed by atoms with Crippen LogP contribution in [-0.2, 0) is 0 Å². The second kappa shape index (κ2) is 11.5. The average Bonchev–Trinajstić information content (AvgIpc) is 2.21. The van der Waals surface area contributed by atoms with Crippen molar-refractivity contribution < 1.29 is 5.11 Å². The molecule has 1 atom stereocenters. The predicted molar refractivity (Wildman–Crippen MR) is 67.0 cm³/mol. The van der Waals surface area contributed by atoms with E-state index in [-0.39, 0.29) is 6.10 Å². The maximum absolute atomic E-state index is 9.28. The highest BCUT2D eigenvalue weighted by molar-refractivity contribution is 9.09. The van der Waals surface area contributed by atoms with Crippen LogP contribution in [0.1, 0.15) is 64.7 Å². The van der Waals surface area contributed by atoms with Crippen molar-refractivity contribution in [3.63, 3.8) is 0 Å². The summed E-state index contributed by atoms with van der Waals surface area (Å²) in [5.41, 5.74) is 0. The molecule has 0 fully saturated rings. The minimum Gasteiger partial charge on any atom is -0.392 e. The third-order valence-corrected chi connectivity index (χ3v) is 3.32. The first-order valence-electron chi connectivity index (χ1n) is 6.05. The van der Waals surface area contributed by atoms with Gasteiger partial charge in [0.05, 0.1) is 6.10 Å². The van der Waals surface area contributed by atoms with Gasteiger partial charge in [-0.25, -0.2) is 0 Å². The van der Waals surface area contributed by atoms with Crippen molar-refractivity contribution in [2.24, 2.45) is 0 Å². The molecular formula is C12H25BrO. The first kappa shape index (κ1) is 14.4. The van der Waals surface area contributed by atoms with Gasteiger partial charge in [-0.15, -0.1) is 0 Å². The fraction of sp³-hybridized carbons (Fsp3) is 1.00. The van der Waals surface area contributed by atoms with Crippen LogP contribution in [0.25, 0.3) is 0 Å². The van der Waals surface area contributed by atoms with E-state index < -0.39 is 0 Å². The lowest BCUT2D eigenvalue weighted by atomic mass is 10.1. The highest BCUT2D eigenvalue weighted by atomic mass is 79.9. The molecule has 1 N–H and O–H groups in total. The van der Waals surface area contributed by atoms with Crippen molar-refractivity contribution >= 4 is 15.9 Å². The van der Waals surface area contributed by atoms with E-state index in [4.69, 9.17) is 0 Å². The van der Waals surface area contributed by atoms with Crippen molar-refractivity contribution in [1.29, 1.82) is 0 Å². The topological polar surface area (TPSA) is 20.2 Å². The smallest absolute Gasteiger partial charge is 0.0637 e. The van der Waals surface area contributed by atoms with E-state index in [1.54, 1.807) is 0 Å². The van der Waals surface area contributed by atoms with Crippen LogP contribution in [0, 0.1) is 0 Å². The highest BCUT2D eigenvalue weighted by Crippen LogP contribution is 2.11. The second-order valence-corrected chi connectivity index (χ2v) is 4.72. The van der Waals surface area contributed by atoms with Gasteiger partial charge in [-0.05, 0) is 6.42 Å². The van der Waals surface area contributed by atoms with Crippen molar-refractivity contribution in [2.45, 2.75) is 70.8 Å². The predicted octanol–water partition coefficient (Wildman–Crippen LogP) is 4.27. The Bertz CT molecular complexity index is 106. The van der Waals surface area contributed by atoms with E-state index in [1.807, 2.05) is 0 Å². The van der Waals surface area contributed by atoms with Gasteiger partial charge < -0.3 is 5.11 Å². The Kier molecular flexibility index (Phi) is 11.9. The number of unbranched alkanes of at least 4 members (excludes halogenated alkanes) is 7. The maximum atomic E-state index is 9.28. The summed E-state index contributed by atoms with van der Waals surface area (Å²) in [6.45, 7) is 2.25. The first-order valence-corrected chi connectivity index (χ1v) is 7.17. The largest absolute Gasteiger partial charge is 0.392 e. The van der Waals surface area contributed by atoms with E-state index >= 15 is 0 Å². The number of hydrogen-bond acceptors (Lipinski definition) is 1. The summed E-state index contributed by atoms with van der Waals surface area (Å²) in [4.78, 5) is 0. The fourth-order valence-corrected chi connectivity index (χ4v) is 1.91. The van der Waals surface area contributed by atoms with Gasteiger partial charge in [0.1, 0.15) is 0 Å². The molecule has 0 amide bonds. The molecule has 1 nitrogen and oxygen atoms in total. The molecule has 0 aromatic rings. The van der Waals surface area contributed by atoms with Crippen LogP contribution in [0.2, 0.25) is 0 Å². The quantitative estimate of drug-likeness (QED) is 0.462. The van der Waals surface area contributed by atoms with Crippen molar-refractivity contribution in [3.8, 4) is 0 Å². The van der Waals surface area contributed by atoms with Gasteiger partial charge in [-0.3, -0.25) is 0 Å². The second-order valence-electron chi connectivity index (χ2n) is 4.07. The Labute approximate surface area is 97.4 Å². The third-order valence-electron chi connectivity index (χ3n) is 2.57.